The van der Waals surface area contributed by atoms with Gasteiger partial charge in [-0.3, -0.25) is 0 Å². The highest BCUT2D eigenvalue weighted by atomic mass is 28.3. The van der Waals surface area contributed by atoms with E-state index in [0.717, 1.165) is 0 Å². The Morgan fingerprint density at radius 3 is 1.57 bits per heavy atom. The number of rotatable bonds is 6. The van der Waals surface area contributed by atoms with Gasteiger partial charge in [-0.2, -0.15) is 0 Å². The highest BCUT2D eigenvalue weighted by Gasteiger charge is 2.34. The van der Waals surface area contributed by atoms with Crippen LogP contribution in [-0.4, -0.2) is 35.6 Å². The van der Waals surface area contributed by atoms with Gasteiger partial charge in [0.1, 0.15) is 0 Å². The van der Waals surface area contributed by atoms with Crippen molar-refractivity contribution in [3.63, 3.8) is 0 Å². The summed E-state index contributed by atoms with van der Waals surface area (Å²) in [5, 5.41) is 0. The Morgan fingerprint density at radius 1 is 1.00 bits per heavy atom. The van der Waals surface area contributed by atoms with E-state index in [9.17, 15) is 0 Å². The predicted octanol–water partition coefficient (Wildman–Crippen LogP) is 1.49. The van der Waals surface area contributed by atoms with Crippen LogP contribution in [0, 0.1) is 0 Å². The summed E-state index contributed by atoms with van der Waals surface area (Å²) in [6.07, 6.45) is 2.54. The average molecular weight is 232 g/mol. The van der Waals surface area contributed by atoms with Crippen LogP contribution in [0.4, 0.5) is 0 Å². The zero-order chi connectivity index (χ0) is 11.4. The minimum absolute atomic E-state index is 0.000432. The molecule has 0 bridgehead atoms. The van der Waals surface area contributed by atoms with Gasteiger partial charge in [0.25, 0.3) is 0 Å². The molecule has 0 aliphatic heterocycles. The third-order valence-electron chi connectivity index (χ3n) is 3.64. The summed E-state index contributed by atoms with van der Waals surface area (Å²) in [4.78, 5) is 0. The zero-order valence-electron chi connectivity index (χ0n) is 11.3. The first-order valence-corrected chi connectivity index (χ1v) is 9.14. The van der Waals surface area contributed by atoms with Crippen LogP contribution in [0.25, 0.3) is 0 Å². The minimum Gasteiger partial charge on any atom is -0.320 e. The molecule has 0 spiro atoms. The average Bonchev–Trinajstić information content (AvgIpc) is 2.13. The maximum absolute atomic E-state index is 2.84. The van der Waals surface area contributed by atoms with Gasteiger partial charge in [-0.25, -0.2) is 0 Å². The topological polar surface area (TPSA) is 3.24 Å². The van der Waals surface area contributed by atoms with Crippen molar-refractivity contribution in [2.24, 2.45) is 0 Å². The number of hydrogen-bond acceptors (Lipinski definition) is 1. The molecule has 0 N–H and O–H groups in total. The van der Waals surface area contributed by atoms with E-state index in [2.05, 4.69) is 46.1 Å². The monoisotopic (exact) mass is 231 g/mol. The standard InChI is InChI=1S/C11H29NSi2/c1-7-10(3,4)12(14-9-13)11(5,6)8-2/h7-9,14H2,1-6,13H3. The van der Waals surface area contributed by atoms with Gasteiger partial charge in [-0.1, -0.05) is 19.5 Å². The lowest BCUT2D eigenvalue weighted by Gasteiger charge is -2.49. The Balaban J connectivity index is 4.75. The predicted molar refractivity (Wildman–Crippen MR) is 73.9 cm³/mol. The Labute approximate surface area is 96.0 Å². The summed E-state index contributed by atoms with van der Waals surface area (Å²) in [6.45, 7) is 14.3. The summed E-state index contributed by atoms with van der Waals surface area (Å²) in [7, 11) is 1.38. The normalized spacial score (nSPS) is 14.8. The molecule has 0 aliphatic rings. The molecule has 3 heteroatoms. The molecule has 0 heterocycles. The van der Waals surface area contributed by atoms with Crippen LogP contribution in [0.15, 0.2) is 0 Å². The van der Waals surface area contributed by atoms with Crippen molar-refractivity contribution in [1.82, 2.24) is 4.57 Å². The lowest BCUT2D eigenvalue weighted by atomic mass is 9.93. The van der Waals surface area contributed by atoms with Crippen molar-refractivity contribution in [2.75, 3.05) is 0 Å². The van der Waals surface area contributed by atoms with Crippen molar-refractivity contribution in [3.05, 3.63) is 0 Å². The molecule has 14 heavy (non-hydrogen) atoms. The molecule has 0 aromatic carbocycles. The van der Waals surface area contributed by atoms with E-state index in [1.165, 1.54) is 28.8 Å². The fraction of sp³-hybridized carbons (Fsp3) is 1.00. The van der Waals surface area contributed by atoms with Crippen molar-refractivity contribution >= 4 is 19.9 Å². The first kappa shape index (κ1) is 14.4. The first-order valence-electron chi connectivity index (χ1n) is 6.09. The second-order valence-electron chi connectivity index (χ2n) is 5.48. The Morgan fingerprint density at radius 2 is 1.36 bits per heavy atom. The van der Waals surface area contributed by atoms with Crippen LogP contribution >= 0.6 is 0 Å². The molecule has 1 nitrogen and oxygen atoms in total. The molecule has 0 saturated carbocycles. The highest BCUT2D eigenvalue weighted by molar-refractivity contribution is 6.45. The minimum atomic E-state index is 0.000432. The van der Waals surface area contributed by atoms with Crippen molar-refractivity contribution in [3.8, 4) is 0 Å². The van der Waals surface area contributed by atoms with Gasteiger partial charge in [0.2, 0.25) is 0 Å². The van der Waals surface area contributed by atoms with E-state index < -0.39 is 0 Å². The molecule has 0 unspecified atom stereocenters. The lowest BCUT2D eigenvalue weighted by molar-refractivity contribution is 0.103. The van der Waals surface area contributed by atoms with Gasteiger partial charge in [0.05, 0.1) is 9.68 Å². The molecule has 86 valence electrons. The van der Waals surface area contributed by atoms with Gasteiger partial charge in [0.15, 0.2) is 0 Å². The molecule has 0 saturated heterocycles. The quantitative estimate of drug-likeness (QED) is 0.626. The van der Waals surface area contributed by atoms with E-state index in [-0.39, 0.29) is 9.68 Å². The molecule has 0 atom stereocenters. The molecule has 0 amide bonds. The van der Waals surface area contributed by atoms with E-state index in [1.54, 1.807) is 0 Å². The van der Waals surface area contributed by atoms with E-state index in [0.29, 0.717) is 11.1 Å². The lowest BCUT2D eigenvalue weighted by Crippen LogP contribution is -2.56. The van der Waals surface area contributed by atoms with Gasteiger partial charge >= 0.3 is 0 Å². The summed E-state index contributed by atoms with van der Waals surface area (Å²) in [5.41, 5.74) is 2.35. The largest absolute Gasteiger partial charge is 0.320 e. The van der Waals surface area contributed by atoms with Crippen molar-refractivity contribution < 1.29 is 0 Å². The summed E-state index contributed by atoms with van der Waals surface area (Å²) < 4.78 is 2.84. The van der Waals surface area contributed by atoms with Crippen LogP contribution in [0.3, 0.4) is 0 Å². The fourth-order valence-corrected chi connectivity index (χ4v) is 5.48. The van der Waals surface area contributed by atoms with E-state index >= 15 is 0 Å². The van der Waals surface area contributed by atoms with Crippen LogP contribution in [0.5, 0.6) is 0 Å². The summed E-state index contributed by atoms with van der Waals surface area (Å²) in [6, 6.07) is 0. The van der Waals surface area contributed by atoms with Gasteiger partial charge in [-0.05, 0) is 40.5 Å². The maximum atomic E-state index is 2.84. The summed E-state index contributed by atoms with van der Waals surface area (Å²) >= 11 is 0. The molecule has 0 aliphatic carbocycles. The molecule has 0 aromatic heterocycles. The second-order valence-corrected chi connectivity index (χ2v) is 10.6. The Hall–Kier alpha value is 0.394. The van der Waals surface area contributed by atoms with E-state index in [4.69, 9.17) is 0 Å². The van der Waals surface area contributed by atoms with Crippen LogP contribution in [-0.2, 0) is 0 Å². The van der Waals surface area contributed by atoms with Gasteiger partial charge < -0.3 is 4.57 Å². The number of nitrogens with zero attached hydrogens (tertiary/aromatic N) is 1. The molecule has 0 rings (SSSR count). The first-order chi connectivity index (χ1) is 6.31. The molecule has 0 fully saturated rings. The zero-order valence-corrected chi connectivity index (χ0v) is 14.7. The smallest absolute Gasteiger partial charge is 0.0930 e. The summed E-state index contributed by atoms with van der Waals surface area (Å²) in [5.74, 6) is 0. The van der Waals surface area contributed by atoms with Gasteiger partial charge in [-0.15, -0.1) is 0 Å². The van der Waals surface area contributed by atoms with Crippen LogP contribution in [0.2, 0.25) is 5.67 Å². The molecular weight excluding hydrogens is 202 g/mol. The van der Waals surface area contributed by atoms with Crippen molar-refractivity contribution in [1.29, 1.82) is 0 Å². The maximum Gasteiger partial charge on any atom is 0.0930 e. The molecular formula is C11H29NSi2. The molecule has 0 aromatic rings. The second kappa shape index (κ2) is 5.47. The van der Waals surface area contributed by atoms with Gasteiger partial charge in [0, 0.05) is 21.3 Å². The third kappa shape index (κ3) is 3.52. The highest BCUT2D eigenvalue weighted by Crippen LogP contribution is 2.29. The fourth-order valence-electron chi connectivity index (χ4n) is 2.03. The Bertz CT molecular complexity index is 151. The van der Waals surface area contributed by atoms with Crippen molar-refractivity contribution in [2.45, 2.75) is 71.1 Å². The van der Waals surface area contributed by atoms with Crippen LogP contribution < -0.4 is 0 Å². The molecule has 0 radical (unpaired) electrons. The Kier molecular flexibility index (Phi) is 5.62. The van der Waals surface area contributed by atoms with E-state index in [1.807, 2.05) is 0 Å². The third-order valence-corrected chi connectivity index (χ3v) is 7.59. The SMILES string of the molecule is CCC(C)(C)N([SiH2]C[SiH3])C(C)(C)CC. The number of hydrogen-bond donors (Lipinski definition) is 0. The van der Waals surface area contributed by atoms with Crippen LogP contribution in [0.1, 0.15) is 54.4 Å².